The number of halogens is 1. The predicted octanol–water partition coefficient (Wildman–Crippen LogP) is 2.02. The van der Waals surface area contributed by atoms with Gasteiger partial charge >= 0.3 is 5.97 Å². The molecule has 1 heterocycles. The van der Waals surface area contributed by atoms with Gasteiger partial charge in [0.2, 0.25) is 5.91 Å². The fraction of sp³-hybridized carbons (Fsp3) is 0.231. The van der Waals surface area contributed by atoms with Crippen molar-refractivity contribution >= 4 is 29.2 Å². The summed E-state index contributed by atoms with van der Waals surface area (Å²) in [5, 5.41) is 9.12. The number of terminal acetylenes is 1. The van der Waals surface area contributed by atoms with E-state index in [4.69, 9.17) is 23.1 Å². The molecule has 1 aliphatic rings. The van der Waals surface area contributed by atoms with Crippen LogP contribution in [-0.2, 0) is 4.79 Å². The molecular formula is C13H10ClNO3. The third-order valence-corrected chi connectivity index (χ3v) is 3.18. The molecule has 5 heteroatoms. The van der Waals surface area contributed by atoms with E-state index < -0.39 is 5.97 Å². The molecule has 0 aromatic heterocycles. The molecule has 1 aromatic rings. The Bertz CT molecular complexity index is 562. The van der Waals surface area contributed by atoms with Gasteiger partial charge in [0.15, 0.2) is 0 Å². The number of hydrogen-bond donors (Lipinski definition) is 1. The Morgan fingerprint density at radius 3 is 2.83 bits per heavy atom. The number of anilines is 1. The summed E-state index contributed by atoms with van der Waals surface area (Å²) >= 11 is 5.77. The van der Waals surface area contributed by atoms with Crippen LogP contribution in [0.15, 0.2) is 18.2 Å². The summed E-state index contributed by atoms with van der Waals surface area (Å²) in [4.78, 5) is 24.2. The first-order valence-corrected chi connectivity index (χ1v) is 5.70. The van der Waals surface area contributed by atoms with E-state index in [1.165, 1.54) is 17.0 Å². The first-order valence-electron chi connectivity index (χ1n) is 5.32. The summed E-state index contributed by atoms with van der Waals surface area (Å²) in [6.45, 7) is 0.413. The van der Waals surface area contributed by atoms with Crippen LogP contribution in [-0.4, -0.2) is 23.5 Å². The van der Waals surface area contributed by atoms with Gasteiger partial charge in [-0.2, -0.15) is 0 Å². The Labute approximate surface area is 109 Å². The summed E-state index contributed by atoms with van der Waals surface area (Å²) in [5.41, 5.74) is 0.491. The average Bonchev–Trinajstić information content (AvgIpc) is 2.71. The molecule has 1 saturated heterocycles. The van der Waals surface area contributed by atoms with Gasteiger partial charge in [0, 0.05) is 24.6 Å². The van der Waals surface area contributed by atoms with Crippen LogP contribution >= 0.6 is 11.6 Å². The molecule has 1 aliphatic heterocycles. The van der Waals surface area contributed by atoms with Crippen molar-refractivity contribution in [2.45, 2.75) is 6.42 Å². The summed E-state index contributed by atoms with van der Waals surface area (Å²) in [5.74, 6) is 1.19. The van der Waals surface area contributed by atoms with Crippen LogP contribution < -0.4 is 4.90 Å². The number of benzene rings is 1. The van der Waals surface area contributed by atoms with E-state index in [1.54, 1.807) is 6.07 Å². The van der Waals surface area contributed by atoms with Crippen molar-refractivity contribution in [2.24, 2.45) is 5.92 Å². The fourth-order valence-electron chi connectivity index (χ4n) is 1.91. The second kappa shape index (κ2) is 4.71. The van der Waals surface area contributed by atoms with Crippen molar-refractivity contribution < 1.29 is 14.7 Å². The third-order valence-electron chi connectivity index (χ3n) is 2.85. The molecule has 0 bridgehead atoms. The SMILES string of the molecule is C#CC1CC(=O)N(c2ccc(Cl)c(C(=O)O)c2)C1. The summed E-state index contributed by atoms with van der Waals surface area (Å²) in [6.07, 6.45) is 5.59. The van der Waals surface area contributed by atoms with Crippen LogP contribution in [0, 0.1) is 18.3 Å². The lowest BCUT2D eigenvalue weighted by molar-refractivity contribution is -0.117. The largest absolute Gasteiger partial charge is 0.478 e. The van der Waals surface area contributed by atoms with Gasteiger partial charge in [-0.25, -0.2) is 4.79 Å². The van der Waals surface area contributed by atoms with Gasteiger partial charge in [0.1, 0.15) is 0 Å². The highest BCUT2D eigenvalue weighted by molar-refractivity contribution is 6.33. The van der Waals surface area contributed by atoms with Crippen LogP contribution in [0.5, 0.6) is 0 Å². The van der Waals surface area contributed by atoms with Gasteiger partial charge < -0.3 is 10.0 Å². The number of aromatic carboxylic acids is 1. The zero-order valence-electron chi connectivity index (χ0n) is 9.39. The molecule has 1 N–H and O–H groups in total. The Morgan fingerprint density at radius 2 is 2.28 bits per heavy atom. The average molecular weight is 264 g/mol. The smallest absolute Gasteiger partial charge is 0.337 e. The van der Waals surface area contributed by atoms with Crippen molar-refractivity contribution in [3.63, 3.8) is 0 Å². The second-order valence-electron chi connectivity index (χ2n) is 4.04. The highest BCUT2D eigenvalue weighted by Crippen LogP contribution is 2.28. The van der Waals surface area contributed by atoms with Crippen molar-refractivity contribution in [3.05, 3.63) is 28.8 Å². The number of carboxylic acid groups (broad SMARTS) is 1. The molecule has 1 amide bonds. The Kier molecular flexibility index (Phi) is 3.26. The minimum Gasteiger partial charge on any atom is -0.478 e. The number of hydrogen-bond acceptors (Lipinski definition) is 2. The molecule has 1 fully saturated rings. The highest BCUT2D eigenvalue weighted by atomic mass is 35.5. The van der Waals surface area contributed by atoms with Crippen molar-refractivity contribution in [1.29, 1.82) is 0 Å². The van der Waals surface area contributed by atoms with E-state index in [2.05, 4.69) is 5.92 Å². The number of carboxylic acids is 1. The zero-order chi connectivity index (χ0) is 13.3. The van der Waals surface area contributed by atoms with Gasteiger partial charge in [0.25, 0.3) is 0 Å². The molecule has 1 aromatic carbocycles. The van der Waals surface area contributed by atoms with Crippen LogP contribution in [0.4, 0.5) is 5.69 Å². The summed E-state index contributed by atoms with van der Waals surface area (Å²) in [7, 11) is 0. The molecule has 1 unspecified atom stereocenters. The number of carbonyl (C=O) groups is 2. The predicted molar refractivity (Wildman–Crippen MR) is 67.7 cm³/mol. The quantitative estimate of drug-likeness (QED) is 0.831. The molecule has 4 nitrogen and oxygen atoms in total. The van der Waals surface area contributed by atoms with E-state index >= 15 is 0 Å². The van der Waals surface area contributed by atoms with Crippen LogP contribution in [0.3, 0.4) is 0 Å². The molecule has 1 atom stereocenters. The van der Waals surface area contributed by atoms with Crippen LogP contribution in [0.1, 0.15) is 16.8 Å². The molecule has 18 heavy (non-hydrogen) atoms. The van der Waals surface area contributed by atoms with Crippen LogP contribution in [0.2, 0.25) is 5.02 Å². The number of carbonyl (C=O) groups excluding carboxylic acids is 1. The van der Waals surface area contributed by atoms with E-state index in [0.29, 0.717) is 18.7 Å². The molecule has 0 spiro atoms. The summed E-state index contributed by atoms with van der Waals surface area (Å²) < 4.78 is 0. The fourth-order valence-corrected chi connectivity index (χ4v) is 2.11. The van der Waals surface area contributed by atoms with E-state index in [9.17, 15) is 9.59 Å². The monoisotopic (exact) mass is 263 g/mol. The minimum absolute atomic E-state index is 0.0221. The van der Waals surface area contributed by atoms with Gasteiger partial charge in [-0.1, -0.05) is 11.6 Å². The third kappa shape index (κ3) is 2.18. The number of nitrogens with zero attached hydrogens (tertiary/aromatic N) is 1. The lowest BCUT2D eigenvalue weighted by atomic mass is 10.1. The molecule has 2 rings (SSSR count). The first kappa shape index (κ1) is 12.5. The topological polar surface area (TPSA) is 57.6 Å². The molecule has 0 radical (unpaired) electrons. The first-order chi connectivity index (χ1) is 8.52. The van der Waals surface area contributed by atoms with Gasteiger partial charge in [-0.3, -0.25) is 4.79 Å². The lowest BCUT2D eigenvalue weighted by Gasteiger charge is -2.16. The lowest BCUT2D eigenvalue weighted by Crippen LogP contribution is -2.24. The van der Waals surface area contributed by atoms with E-state index in [1.807, 2.05) is 0 Å². The van der Waals surface area contributed by atoms with E-state index in [-0.39, 0.29) is 22.4 Å². The highest BCUT2D eigenvalue weighted by Gasteiger charge is 2.29. The maximum absolute atomic E-state index is 11.8. The van der Waals surface area contributed by atoms with Crippen molar-refractivity contribution in [3.8, 4) is 12.3 Å². The Balaban J connectivity index is 2.35. The maximum atomic E-state index is 11.8. The number of amides is 1. The molecule has 0 aliphatic carbocycles. The van der Waals surface area contributed by atoms with Crippen molar-refractivity contribution in [1.82, 2.24) is 0 Å². The van der Waals surface area contributed by atoms with E-state index in [0.717, 1.165) is 0 Å². The van der Waals surface area contributed by atoms with Crippen LogP contribution in [0.25, 0.3) is 0 Å². The molecule has 92 valence electrons. The Hall–Kier alpha value is -1.99. The second-order valence-corrected chi connectivity index (χ2v) is 4.45. The number of rotatable bonds is 2. The van der Waals surface area contributed by atoms with Crippen molar-refractivity contribution in [2.75, 3.05) is 11.4 Å². The molecular weight excluding hydrogens is 254 g/mol. The minimum atomic E-state index is -1.12. The summed E-state index contributed by atoms with van der Waals surface area (Å²) in [6, 6.07) is 4.48. The van der Waals surface area contributed by atoms with Gasteiger partial charge in [-0.15, -0.1) is 12.3 Å². The maximum Gasteiger partial charge on any atom is 0.337 e. The van der Waals surface area contributed by atoms with Gasteiger partial charge in [0.05, 0.1) is 10.6 Å². The van der Waals surface area contributed by atoms with Gasteiger partial charge in [-0.05, 0) is 18.2 Å². The molecule has 0 saturated carbocycles. The normalized spacial score (nSPS) is 18.8. The zero-order valence-corrected chi connectivity index (χ0v) is 10.1. The Morgan fingerprint density at radius 1 is 1.56 bits per heavy atom. The standard InChI is InChI=1S/C13H10ClNO3/c1-2-8-5-12(16)15(7-8)9-3-4-11(14)10(6-9)13(17)18/h1,3-4,6,8H,5,7H2,(H,17,18).